The average molecular weight is 370 g/mol. The first-order chi connectivity index (χ1) is 13.0. The zero-order valence-corrected chi connectivity index (χ0v) is 15.5. The first-order valence-corrected chi connectivity index (χ1v) is 9.09. The number of carbonyl (C=O) groups is 1. The number of allylic oxidation sites excluding steroid dienone is 1. The standard InChI is InChI=1S/C19H23N5O3/c1-3-27-19(26)24-10-8-23(9-11-24)13(2)17(25)14(12-20)18-21-15-6-4-5-7-16(15)22-18/h4-7,13,25H,3,8-11H2,1-2H3,(H,21,22)/p+1/b17-14-/t13-/m0/s1. The van der Waals surface area contributed by atoms with Gasteiger partial charge in [-0.3, -0.25) is 4.90 Å². The quantitative estimate of drug-likeness (QED) is 0.552. The molecule has 3 rings (SSSR count). The molecular weight excluding hydrogens is 346 g/mol. The molecule has 2 heterocycles. The van der Waals surface area contributed by atoms with Crippen molar-refractivity contribution in [3.05, 3.63) is 35.8 Å². The molecule has 0 aliphatic carbocycles. The van der Waals surface area contributed by atoms with Crippen LogP contribution in [0.5, 0.6) is 0 Å². The number of aromatic amines is 1. The van der Waals surface area contributed by atoms with Crippen LogP contribution in [-0.4, -0.2) is 64.9 Å². The van der Waals surface area contributed by atoms with Crippen LogP contribution in [0.3, 0.4) is 0 Å². The number of carbonyl (C=O) groups excluding carboxylic acids is 1. The molecule has 1 amide bonds. The van der Waals surface area contributed by atoms with Gasteiger partial charge in [-0.2, -0.15) is 5.26 Å². The summed E-state index contributed by atoms with van der Waals surface area (Å²) in [6.45, 7) is 6.47. The number of rotatable bonds is 4. The Balaban J connectivity index is 1.75. The third-order valence-electron chi connectivity index (χ3n) is 4.95. The number of aliphatic hydroxyl groups excluding tert-OH is 1. The number of H-pyrrole nitrogens is 1. The highest BCUT2D eigenvalue weighted by Crippen LogP contribution is 2.19. The molecule has 8 heteroatoms. The Labute approximate surface area is 157 Å². The highest BCUT2D eigenvalue weighted by atomic mass is 16.6. The van der Waals surface area contributed by atoms with E-state index in [0.29, 0.717) is 38.6 Å². The number of nitrogens with zero attached hydrogens (tertiary/aromatic N) is 3. The molecule has 8 nitrogen and oxygen atoms in total. The van der Waals surface area contributed by atoms with Crippen LogP contribution in [-0.2, 0) is 4.74 Å². The number of nitriles is 1. The number of fused-ring (bicyclic) bond motifs is 1. The van der Waals surface area contributed by atoms with Gasteiger partial charge in [0.15, 0.2) is 11.6 Å². The number of quaternary nitrogens is 1. The fourth-order valence-electron chi connectivity index (χ4n) is 3.34. The highest BCUT2D eigenvalue weighted by molar-refractivity contribution is 5.82. The average Bonchev–Trinajstić information content (AvgIpc) is 3.12. The van der Waals surface area contributed by atoms with E-state index < -0.39 is 0 Å². The summed E-state index contributed by atoms with van der Waals surface area (Å²) < 4.78 is 5.03. The SMILES string of the molecule is CCOC(=O)N1CC[NH+]([C@@H](C)/C(O)=C(\C#N)c2nc3ccccc3[nH]2)CC1. The summed E-state index contributed by atoms with van der Waals surface area (Å²) in [4.78, 5) is 22.1. The van der Waals surface area contributed by atoms with Crippen molar-refractivity contribution in [3.63, 3.8) is 0 Å². The van der Waals surface area contributed by atoms with Gasteiger partial charge in [0, 0.05) is 0 Å². The molecule has 1 aliphatic rings. The number of aliphatic hydroxyl groups is 1. The van der Waals surface area contributed by atoms with E-state index in [-0.39, 0.29) is 23.5 Å². The molecule has 1 aromatic heterocycles. The summed E-state index contributed by atoms with van der Waals surface area (Å²) in [6.07, 6.45) is -0.302. The first kappa shape index (κ1) is 18.7. The van der Waals surface area contributed by atoms with Crippen LogP contribution >= 0.6 is 0 Å². The number of piperazine rings is 1. The van der Waals surface area contributed by atoms with E-state index in [0.717, 1.165) is 15.9 Å². The Morgan fingerprint density at radius 1 is 1.44 bits per heavy atom. The van der Waals surface area contributed by atoms with Gasteiger partial charge in [-0.25, -0.2) is 9.78 Å². The van der Waals surface area contributed by atoms with E-state index in [4.69, 9.17) is 4.74 Å². The predicted molar refractivity (Wildman–Crippen MR) is 100 cm³/mol. The Hall–Kier alpha value is -3.05. The third-order valence-corrected chi connectivity index (χ3v) is 4.95. The molecule has 0 unspecified atom stereocenters. The van der Waals surface area contributed by atoms with Gasteiger partial charge in [0.05, 0.1) is 43.8 Å². The lowest BCUT2D eigenvalue weighted by atomic mass is 10.1. The minimum atomic E-state index is -0.302. The van der Waals surface area contributed by atoms with Gasteiger partial charge in [0.25, 0.3) is 0 Å². The summed E-state index contributed by atoms with van der Waals surface area (Å²) in [5.74, 6) is 0.378. The maximum Gasteiger partial charge on any atom is 0.410 e. The Morgan fingerprint density at radius 2 is 2.15 bits per heavy atom. The van der Waals surface area contributed by atoms with Crippen LogP contribution in [0.2, 0.25) is 0 Å². The molecule has 142 valence electrons. The normalized spacial score (nSPS) is 17.3. The second-order valence-electron chi connectivity index (χ2n) is 6.54. The monoisotopic (exact) mass is 370 g/mol. The van der Waals surface area contributed by atoms with Crippen LogP contribution in [0.25, 0.3) is 16.6 Å². The van der Waals surface area contributed by atoms with Gasteiger partial charge in [-0.1, -0.05) is 12.1 Å². The Morgan fingerprint density at radius 3 is 2.78 bits per heavy atom. The zero-order chi connectivity index (χ0) is 19.4. The van der Waals surface area contributed by atoms with Crippen LogP contribution < -0.4 is 4.90 Å². The first-order valence-electron chi connectivity index (χ1n) is 9.09. The maximum atomic E-state index is 11.8. The lowest BCUT2D eigenvalue weighted by Crippen LogP contribution is -3.18. The zero-order valence-electron chi connectivity index (χ0n) is 15.5. The summed E-state index contributed by atoms with van der Waals surface area (Å²) >= 11 is 0. The van der Waals surface area contributed by atoms with Gasteiger partial charge in [-0.05, 0) is 26.0 Å². The molecule has 0 bridgehead atoms. The topological polar surface area (TPSA) is 107 Å². The van der Waals surface area contributed by atoms with E-state index in [9.17, 15) is 15.2 Å². The molecule has 0 saturated carbocycles. The molecule has 0 radical (unpaired) electrons. The van der Waals surface area contributed by atoms with Crippen LogP contribution in [0.1, 0.15) is 19.7 Å². The number of benzene rings is 1. The predicted octanol–water partition coefficient (Wildman–Crippen LogP) is 1.10. The number of para-hydroxylation sites is 2. The van der Waals surface area contributed by atoms with Crippen molar-refractivity contribution in [2.45, 2.75) is 19.9 Å². The Bertz CT molecular complexity index is 857. The van der Waals surface area contributed by atoms with E-state index >= 15 is 0 Å². The van der Waals surface area contributed by atoms with Crippen molar-refractivity contribution >= 4 is 22.7 Å². The minimum Gasteiger partial charge on any atom is -0.505 e. The van der Waals surface area contributed by atoms with Crippen molar-refractivity contribution < 1.29 is 19.5 Å². The van der Waals surface area contributed by atoms with E-state index in [1.54, 1.807) is 11.8 Å². The van der Waals surface area contributed by atoms with Crippen LogP contribution in [0.15, 0.2) is 30.0 Å². The number of ether oxygens (including phenoxy) is 1. The lowest BCUT2D eigenvalue weighted by Gasteiger charge is -2.34. The van der Waals surface area contributed by atoms with E-state index in [1.165, 1.54) is 0 Å². The summed E-state index contributed by atoms with van der Waals surface area (Å²) in [5.41, 5.74) is 1.71. The van der Waals surface area contributed by atoms with Crippen molar-refractivity contribution in [3.8, 4) is 6.07 Å². The minimum absolute atomic E-state index is 0.0103. The van der Waals surface area contributed by atoms with Crippen LogP contribution in [0.4, 0.5) is 4.79 Å². The molecule has 2 aromatic rings. The number of nitrogens with one attached hydrogen (secondary N) is 2. The molecule has 1 aliphatic heterocycles. The van der Waals surface area contributed by atoms with Gasteiger partial charge in [0.1, 0.15) is 17.7 Å². The summed E-state index contributed by atoms with van der Waals surface area (Å²) in [6, 6.07) is 9.29. The number of imidazole rings is 1. The van der Waals surface area contributed by atoms with Gasteiger partial charge in [-0.15, -0.1) is 0 Å². The Kier molecular flexibility index (Phi) is 5.62. The molecule has 1 fully saturated rings. The third kappa shape index (κ3) is 3.88. The maximum absolute atomic E-state index is 11.8. The van der Waals surface area contributed by atoms with Gasteiger partial charge in [0.2, 0.25) is 0 Å². The number of hydrogen-bond acceptors (Lipinski definition) is 5. The molecular formula is C19H24N5O3+. The molecule has 3 N–H and O–H groups in total. The fraction of sp³-hybridized carbons (Fsp3) is 0.421. The van der Waals surface area contributed by atoms with Crippen molar-refractivity contribution in [1.82, 2.24) is 14.9 Å². The van der Waals surface area contributed by atoms with Crippen molar-refractivity contribution in [2.75, 3.05) is 32.8 Å². The fourth-order valence-corrected chi connectivity index (χ4v) is 3.34. The second kappa shape index (κ2) is 8.10. The largest absolute Gasteiger partial charge is 0.505 e. The van der Waals surface area contributed by atoms with Crippen molar-refractivity contribution in [2.24, 2.45) is 0 Å². The molecule has 1 saturated heterocycles. The highest BCUT2D eigenvalue weighted by Gasteiger charge is 2.31. The number of hydrogen-bond donors (Lipinski definition) is 3. The molecule has 27 heavy (non-hydrogen) atoms. The lowest BCUT2D eigenvalue weighted by molar-refractivity contribution is -0.923. The van der Waals surface area contributed by atoms with Gasteiger partial charge < -0.3 is 19.7 Å². The van der Waals surface area contributed by atoms with E-state index in [1.807, 2.05) is 31.2 Å². The van der Waals surface area contributed by atoms with E-state index in [2.05, 4.69) is 16.0 Å². The molecule has 0 spiro atoms. The molecule has 1 atom stereocenters. The smallest absolute Gasteiger partial charge is 0.410 e. The van der Waals surface area contributed by atoms with Gasteiger partial charge >= 0.3 is 6.09 Å². The number of aromatic nitrogens is 2. The second-order valence-corrected chi connectivity index (χ2v) is 6.54. The van der Waals surface area contributed by atoms with Crippen LogP contribution in [0, 0.1) is 11.3 Å². The number of amides is 1. The van der Waals surface area contributed by atoms with Crippen molar-refractivity contribution in [1.29, 1.82) is 5.26 Å². The molecule has 1 aromatic carbocycles. The summed E-state index contributed by atoms with van der Waals surface area (Å²) in [5, 5.41) is 20.3. The summed E-state index contributed by atoms with van der Waals surface area (Å²) in [7, 11) is 0.